The minimum atomic E-state index is -0.113. The molecule has 0 radical (unpaired) electrons. The van der Waals surface area contributed by atoms with Crippen LogP contribution in [0, 0.1) is 5.92 Å². The van der Waals surface area contributed by atoms with Crippen LogP contribution in [0.1, 0.15) is 31.9 Å². The fraction of sp³-hybridized carbons (Fsp3) is 0.529. The first-order chi connectivity index (χ1) is 12.5. The number of aromatic nitrogens is 4. The van der Waals surface area contributed by atoms with Gasteiger partial charge in [-0.25, -0.2) is 4.68 Å². The number of thioether (sulfide) groups is 1. The van der Waals surface area contributed by atoms with Crippen molar-refractivity contribution in [2.45, 2.75) is 31.5 Å². The Kier molecular flexibility index (Phi) is 5.97. The first kappa shape index (κ1) is 18.5. The minimum Gasteiger partial charge on any atom is -0.490 e. The number of benzene rings is 1. The first-order valence-corrected chi connectivity index (χ1v) is 9.57. The number of ether oxygens (including phenoxy) is 2. The molecule has 0 saturated heterocycles. The maximum absolute atomic E-state index is 12.4. The lowest BCUT2D eigenvalue weighted by atomic mass is 9.95. The predicted octanol–water partition coefficient (Wildman–Crippen LogP) is 1.98. The van der Waals surface area contributed by atoms with Crippen LogP contribution in [0.5, 0.6) is 11.5 Å². The molecule has 2 heterocycles. The molecule has 1 N–H and O–H groups in total. The van der Waals surface area contributed by atoms with Crippen molar-refractivity contribution in [3.63, 3.8) is 0 Å². The fourth-order valence-electron chi connectivity index (χ4n) is 2.70. The topological polar surface area (TPSA) is 91.2 Å². The third-order valence-electron chi connectivity index (χ3n) is 4.03. The molecule has 0 aliphatic carbocycles. The Morgan fingerprint density at radius 1 is 1.31 bits per heavy atom. The number of nitrogens with zero attached hydrogens (tertiary/aromatic N) is 4. The molecule has 9 heteroatoms. The van der Waals surface area contributed by atoms with Crippen molar-refractivity contribution < 1.29 is 14.3 Å². The Morgan fingerprint density at radius 2 is 2.08 bits per heavy atom. The average Bonchev–Trinajstić information content (AvgIpc) is 2.89. The fourth-order valence-corrected chi connectivity index (χ4v) is 3.36. The summed E-state index contributed by atoms with van der Waals surface area (Å²) in [5.41, 5.74) is 1.00. The Morgan fingerprint density at radius 3 is 2.77 bits per heavy atom. The van der Waals surface area contributed by atoms with Gasteiger partial charge in [0.15, 0.2) is 11.5 Å². The number of fused-ring (bicyclic) bond motifs is 1. The van der Waals surface area contributed by atoms with E-state index >= 15 is 0 Å². The van der Waals surface area contributed by atoms with Gasteiger partial charge >= 0.3 is 0 Å². The molecule has 3 rings (SSSR count). The zero-order valence-electron chi connectivity index (χ0n) is 15.1. The molecule has 1 amide bonds. The molecule has 0 bridgehead atoms. The summed E-state index contributed by atoms with van der Waals surface area (Å²) >= 11 is 1.31. The molecule has 0 saturated carbocycles. The summed E-state index contributed by atoms with van der Waals surface area (Å²) in [7, 11) is 1.74. The zero-order valence-corrected chi connectivity index (χ0v) is 16.0. The molecule has 140 valence electrons. The van der Waals surface area contributed by atoms with Gasteiger partial charge in [-0.05, 0) is 34.0 Å². The quantitative estimate of drug-likeness (QED) is 0.770. The summed E-state index contributed by atoms with van der Waals surface area (Å²) in [6, 6.07) is 5.75. The molecule has 0 spiro atoms. The molecule has 0 fully saturated rings. The lowest BCUT2D eigenvalue weighted by Crippen LogP contribution is -2.33. The van der Waals surface area contributed by atoms with Crippen LogP contribution >= 0.6 is 11.8 Å². The normalized spacial score (nSPS) is 14.8. The van der Waals surface area contributed by atoms with E-state index in [9.17, 15) is 4.79 Å². The Bertz CT molecular complexity index is 765. The van der Waals surface area contributed by atoms with Gasteiger partial charge in [0.05, 0.1) is 25.0 Å². The molecule has 1 atom stereocenters. The van der Waals surface area contributed by atoms with Gasteiger partial charge in [0.25, 0.3) is 0 Å². The maximum atomic E-state index is 12.4. The average molecular weight is 377 g/mol. The van der Waals surface area contributed by atoms with Crippen molar-refractivity contribution in [1.29, 1.82) is 0 Å². The Balaban J connectivity index is 1.68. The lowest BCUT2D eigenvalue weighted by Gasteiger charge is -2.23. The van der Waals surface area contributed by atoms with Crippen LogP contribution in [-0.4, -0.2) is 45.1 Å². The van der Waals surface area contributed by atoms with Gasteiger partial charge in [0, 0.05) is 13.5 Å². The maximum Gasteiger partial charge on any atom is 0.230 e. The molecule has 2 aromatic rings. The van der Waals surface area contributed by atoms with Gasteiger partial charge in [-0.1, -0.05) is 31.7 Å². The molecule has 26 heavy (non-hydrogen) atoms. The molecule has 1 aliphatic heterocycles. The van der Waals surface area contributed by atoms with E-state index in [1.165, 1.54) is 11.8 Å². The Labute approximate surface area is 156 Å². The van der Waals surface area contributed by atoms with E-state index in [1.54, 1.807) is 11.7 Å². The summed E-state index contributed by atoms with van der Waals surface area (Å²) in [6.07, 6.45) is 0.864. The molecule has 1 aliphatic rings. The number of tetrazole rings is 1. The SMILES string of the molecule is CC(C)[C@@H](NC(=O)CSc1nnnn1C)c1ccc2c(c1)OCCCO2. The van der Waals surface area contributed by atoms with E-state index in [-0.39, 0.29) is 23.6 Å². The molecular formula is C17H23N5O3S. The smallest absolute Gasteiger partial charge is 0.230 e. The van der Waals surface area contributed by atoms with Gasteiger partial charge in [-0.3, -0.25) is 4.79 Å². The number of nitrogens with one attached hydrogen (secondary N) is 1. The summed E-state index contributed by atoms with van der Waals surface area (Å²) in [4.78, 5) is 12.4. The third-order valence-corrected chi connectivity index (χ3v) is 5.04. The highest BCUT2D eigenvalue weighted by molar-refractivity contribution is 7.99. The number of rotatable bonds is 6. The van der Waals surface area contributed by atoms with Crippen LogP contribution in [0.25, 0.3) is 0 Å². The van der Waals surface area contributed by atoms with Crippen molar-refractivity contribution in [1.82, 2.24) is 25.5 Å². The van der Waals surface area contributed by atoms with Crippen LogP contribution in [0.15, 0.2) is 23.4 Å². The second-order valence-corrected chi connectivity index (χ2v) is 7.36. The van der Waals surface area contributed by atoms with Gasteiger partial charge in [0.1, 0.15) is 0 Å². The predicted molar refractivity (Wildman–Crippen MR) is 97.3 cm³/mol. The van der Waals surface area contributed by atoms with E-state index in [0.29, 0.717) is 18.4 Å². The molecule has 0 unspecified atom stereocenters. The highest BCUT2D eigenvalue weighted by Crippen LogP contribution is 2.34. The summed E-state index contributed by atoms with van der Waals surface area (Å²) in [5.74, 6) is 1.90. The second-order valence-electron chi connectivity index (χ2n) is 6.42. The first-order valence-electron chi connectivity index (χ1n) is 8.58. The number of hydrogen-bond donors (Lipinski definition) is 1. The van der Waals surface area contributed by atoms with Crippen LogP contribution in [-0.2, 0) is 11.8 Å². The zero-order chi connectivity index (χ0) is 18.5. The van der Waals surface area contributed by atoms with Gasteiger partial charge in [0.2, 0.25) is 11.1 Å². The van der Waals surface area contributed by atoms with Crippen LogP contribution in [0.4, 0.5) is 0 Å². The van der Waals surface area contributed by atoms with E-state index in [0.717, 1.165) is 23.5 Å². The third kappa shape index (κ3) is 4.46. The van der Waals surface area contributed by atoms with E-state index in [4.69, 9.17) is 9.47 Å². The van der Waals surface area contributed by atoms with Crippen LogP contribution in [0.3, 0.4) is 0 Å². The van der Waals surface area contributed by atoms with Crippen molar-refractivity contribution in [3.8, 4) is 11.5 Å². The van der Waals surface area contributed by atoms with Crippen molar-refractivity contribution >= 4 is 17.7 Å². The molecule has 8 nitrogen and oxygen atoms in total. The highest BCUT2D eigenvalue weighted by Gasteiger charge is 2.21. The van der Waals surface area contributed by atoms with E-state index < -0.39 is 0 Å². The number of carbonyl (C=O) groups excluding carboxylic acids is 1. The summed E-state index contributed by atoms with van der Waals surface area (Å²) in [6.45, 7) is 5.45. The monoisotopic (exact) mass is 377 g/mol. The van der Waals surface area contributed by atoms with Crippen LogP contribution in [0.2, 0.25) is 0 Å². The standard InChI is InChI=1S/C17H23N5O3S/c1-11(2)16(18-15(23)10-26-17-19-20-21-22(17)3)12-5-6-13-14(9-12)25-8-4-7-24-13/h5-6,9,11,16H,4,7-8,10H2,1-3H3,(H,18,23)/t16-/m1/s1. The van der Waals surface area contributed by atoms with Crippen molar-refractivity contribution in [2.75, 3.05) is 19.0 Å². The number of hydrogen-bond acceptors (Lipinski definition) is 7. The van der Waals surface area contributed by atoms with Crippen molar-refractivity contribution in [2.24, 2.45) is 13.0 Å². The van der Waals surface area contributed by atoms with Gasteiger partial charge in [-0.15, -0.1) is 5.10 Å². The minimum absolute atomic E-state index is 0.0659. The largest absolute Gasteiger partial charge is 0.490 e. The lowest BCUT2D eigenvalue weighted by molar-refractivity contribution is -0.119. The summed E-state index contributed by atoms with van der Waals surface area (Å²) in [5, 5.41) is 14.9. The number of carbonyl (C=O) groups is 1. The Hall–Kier alpha value is -2.29. The van der Waals surface area contributed by atoms with E-state index in [2.05, 4.69) is 34.7 Å². The molecule has 1 aromatic heterocycles. The second kappa shape index (κ2) is 8.39. The van der Waals surface area contributed by atoms with Gasteiger partial charge < -0.3 is 14.8 Å². The van der Waals surface area contributed by atoms with Crippen molar-refractivity contribution in [3.05, 3.63) is 23.8 Å². The van der Waals surface area contributed by atoms with Gasteiger partial charge in [-0.2, -0.15) is 0 Å². The number of aryl methyl sites for hydroxylation is 1. The van der Waals surface area contributed by atoms with E-state index in [1.807, 2.05) is 18.2 Å². The molecular weight excluding hydrogens is 354 g/mol. The summed E-state index contributed by atoms with van der Waals surface area (Å²) < 4.78 is 13.0. The molecule has 1 aromatic carbocycles. The number of amides is 1. The highest BCUT2D eigenvalue weighted by atomic mass is 32.2. The van der Waals surface area contributed by atoms with Crippen LogP contribution < -0.4 is 14.8 Å².